The molecule has 0 aliphatic heterocycles. The first-order valence-electron chi connectivity index (χ1n) is 5.11. The van der Waals surface area contributed by atoms with Gasteiger partial charge < -0.3 is 4.42 Å². The molecule has 1 nitrogen and oxygen atoms in total. The zero-order chi connectivity index (χ0) is 10.7. The van der Waals surface area contributed by atoms with Gasteiger partial charge in [-0.1, -0.05) is 0 Å². The largest absolute Gasteiger partial charge is 0.461 e. The molecule has 3 heterocycles. The number of fused-ring (bicyclic) bond motifs is 6. The van der Waals surface area contributed by atoms with Gasteiger partial charge in [-0.15, -0.1) is 22.7 Å². The molecule has 0 saturated carbocycles. The maximum absolute atomic E-state index is 5.83. The minimum absolute atomic E-state index is 0.987. The van der Waals surface area contributed by atoms with E-state index in [0.29, 0.717) is 0 Å². The molecule has 16 heavy (non-hydrogen) atoms. The van der Waals surface area contributed by atoms with E-state index in [0.717, 1.165) is 11.3 Å². The van der Waals surface area contributed by atoms with Gasteiger partial charge in [0.15, 0.2) is 0 Å². The van der Waals surface area contributed by atoms with Gasteiger partial charge in [0.1, 0.15) is 11.3 Å². The molecular formula is C13H8OS2. The number of rotatable bonds is 0. The van der Waals surface area contributed by atoms with E-state index in [1.54, 1.807) is 11.3 Å². The highest BCUT2D eigenvalue weighted by molar-refractivity contribution is 7.25. The molecule has 0 N–H and O–H groups in total. The van der Waals surface area contributed by atoms with Crippen LogP contribution in [0.25, 0.3) is 31.1 Å². The Labute approximate surface area is 99.9 Å². The molecule has 3 aromatic heterocycles. The zero-order valence-electron chi connectivity index (χ0n) is 8.61. The standard InChI is InChI=1S/C13H8OS2/c1-7-6-10-8-2-4-15-12(8)13-9(3-5-16-13)11(10)14-7/h2-6H,1H3. The lowest BCUT2D eigenvalue weighted by atomic mass is 10.1. The Morgan fingerprint density at radius 1 is 0.938 bits per heavy atom. The van der Waals surface area contributed by atoms with Crippen LogP contribution in [0.2, 0.25) is 0 Å². The van der Waals surface area contributed by atoms with E-state index in [4.69, 9.17) is 4.42 Å². The monoisotopic (exact) mass is 244 g/mol. The van der Waals surface area contributed by atoms with Crippen molar-refractivity contribution in [3.05, 3.63) is 34.7 Å². The number of benzene rings is 1. The second-order valence-electron chi connectivity index (χ2n) is 3.93. The van der Waals surface area contributed by atoms with Crippen molar-refractivity contribution < 1.29 is 4.42 Å². The lowest BCUT2D eigenvalue weighted by Crippen LogP contribution is -1.68. The molecule has 0 radical (unpaired) electrons. The first kappa shape index (κ1) is 8.79. The molecule has 0 unspecified atom stereocenters. The summed E-state index contributed by atoms with van der Waals surface area (Å²) in [5, 5.41) is 8.13. The topological polar surface area (TPSA) is 13.1 Å². The molecular weight excluding hydrogens is 236 g/mol. The predicted molar refractivity (Wildman–Crippen MR) is 71.7 cm³/mol. The van der Waals surface area contributed by atoms with E-state index in [2.05, 4.69) is 29.0 Å². The average molecular weight is 244 g/mol. The Morgan fingerprint density at radius 2 is 1.62 bits per heavy atom. The van der Waals surface area contributed by atoms with Crippen LogP contribution in [0, 0.1) is 6.92 Å². The third-order valence-electron chi connectivity index (χ3n) is 2.93. The minimum atomic E-state index is 0.987. The molecule has 0 aliphatic carbocycles. The van der Waals surface area contributed by atoms with Crippen LogP contribution in [-0.2, 0) is 0 Å². The highest BCUT2D eigenvalue weighted by Gasteiger charge is 2.13. The summed E-state index contributed by atoms with van der Waals surface area (Å²) >= 11 is 3.61. The molecule has 0 aliphatic rings. The van der Waals surface area contributed by atoms with Crippen LogP contribution in [0.15, 0.2) is 33.4 Å². The fourth-order valence-electron chi connectivity index (χ4n) is 2.28. The van der Waals surface area contributed by atoms with Crippen molar-refractivity contribution in [3.8, 4) is 0 Å². The molecule has 1 aromatic carbocycles. The third-order valence-corrected chi connectivity index (χ3v) is 4.92. The van der Waals surface area contributed by atoms with Crippen molar-refractivity contribution in [2.45, 2.75) is 6.92 Å². The molecule has 4 rings (SSSR count). The Bertz CT molecular complexity index is 749. The first-order valence-corrected chi connectivity index (χ1v) is 6.87. The maximum Gasteiger partial charge on any atom is 0.143 e. The second-order valence-corrected chi connectivity index (χ2v) is 5.76. The highest BCUT2D eigenvalue weighted by Crippen LogP contribution is 2.41. The van der Waals surface area contributed by atoms with Crippen LogP contribution in [0.1, 0.15) is 5.76 Å². The van der Waals surface area contributed by atoms with Gasteiger partial charge in [0.25, 0.3) is 0 Å². The molecule has 0 spiro atoms. The van der Waals surface area contributed by atoms with Gasteiger partial charge in [-0.25, -0.2) is 0 Å². The molecule has 3 heteroatoms. The summed E-state index contributed by atoms with van der Waals surface area (Å²) in [6.45, 7) is 2.01. The van der Waals surface area contributed by atoms with Gasteiger partial charge >= 0.3 is 0 Å². The van der Waals surface area contributed by atoms with Crippen LogP contribution in [0.4, 0.5) is 0 Å². The number of hydrogen-bond acceptors (Lipinski definition) is 3. The third kappa shape index (κ3) is 0.950. The summed E-state index contributed by atoms with van der Waals surface area (Å²) in [7, 11) is 0. The molecule has 0 bridgehead atoms. The number of thiophene rings is 2. The Hall–Kier alpha value is -1.32. The summed E-state index contributed by atoms with van der Waals surface area (Å²) in [6, 6.07) is 6.49. The van der Waals surface area contributed by atoms with Crippen molar-refractivity contribution in [1.82, 2.24) is 0 Å². The van der Waals surface area contributed by atoms with Crippen molar-refractivity contribution in [2.24, 2.45) is 0 Å². The fourth-order valence-corrected chi connectivity index (χ4v) is 4.27. The van der Waals surface area contributed by atoms with Gasteiger partial charge in [0, 0.05) is 16.2 Å². The molecule has 0 fully saturated rings. The maximum atomic E-state index is 5.83. The predicted octanol–water partition coefficient (Wildman–Crippen LogP) is 5.17. The smallest absolute Gasteiger partial charge is 0.143 e. The molecule has 0 saturated heterocycles. The van der Waals surface area contributed by atoms with E-state index in [1.807, 2.05) is 18.3 Å². The van der Waals surface area contributed by atoms with Gasteiger partial charge in [-0.3, -0.25) is 0 Å². The van der Waals surface area contributed by atoms with Crippen LogP contribution in [0.3, 0.4) is 0 Å². The van der Waals surface area contributed by atoms with Gasteiger partial charge in [-0.05, 0) is 35.9 Å². The SMILES string of the molecule is Cc1cc2c3ccsc3c3sccc3c2o1. The summed E-state index contributed by atoms with van der Waals surface area (Å²) in [4.78, 5) is 0. The summed E-state index contributed by atoms with van der Waals surface area (Å²) in [6.07, 6.45) is 0. The van der Waals surface area contributed by atoms with Gasteiger partial charge in [0.05, 0.1) is 9.40 Å². The van der Waals surface area contributed by atoms with E-state index >= 15 is 0 Å². The van der Waals surface area contributed by atoms with Crippen molar-refractivity contribution >= 4 is 53.8 Å². The molecule has 78 valence electrons. The Kier molecular flexibility index (Phi) is 1.58. The van der Waals surface area contributed by atoms with Gasteiger partial charge in [-0.2, -0.15) is 0 Å². The van der Waals surface area contributed by atoms with Crippen LogP contribution in [-0.4, -0.2) is 0 Å². The van der Waals surface area contributed by atoms with Crippen LogP contribution >= 0.6 is 22.7 Å². The summed E-state index contributed by atoms with van der Waals surface area (Å²) in [5.41, 5.74) is 1.04. The highest BCUT2D eigenvalue weighted by atomic mass is 32.1. The van der Waals surface area contributed by atoms with Gasteiger partial charge in [0.2, 0.25) is 0 Å². The number of furan rings is 1. The second kappa shape index (κ2) is 2.87. The zero-order valence-corrected chi connectivity index (χ0v) is 10.2. The number of aryl methyl sites for hydroxylation is 1. The van der Waals surface area contributed by atoms with Crippen LogP contribution < -0.4 is 0 Å². The normalized spacial score (nSPS) is 12.1. The lowest BCUT2D eigenvalue weighted by Gasteiger charge is -1.95. The van der Waals surface area contributed by atoms with Crippen molar-refractivity contribution in [2.75, 3.05) is 0 Å². The Morgan fingerprint density at radius 3 is 2.44 bits per heavy atom. The molecule has 0 amide bonds. The minimum Gasteiger partial charge on any atom is -0.461 e. The molecule has 4 aromatic rings. The quantitative estimate of drug-likeness (QED) is 0.416. The average Bonchev–Trinajstić information content (AvgIpc) is 2.91. The van der Waals surface area contributed by atoms with Crippen LogP contribution in [0.5, 0.6) is 0 Å². The van der Waals surface area contributed by atoms with Crippen molar-refractivity contribution in [1.29, 1.82) is 0 Å². The van der Waals surface area contributed by atoms with E-state index < -0.39 is 0 Å². The van der Waals surface area contributed by atoms with E-state index in [1.165, 1.54) is 25.6 Å². The van der Waals surface area contributed by atoms with E-state index in [-0.39, 0.29) is 0 Å². The van der Waals surface area contributed by atoms with E-state index in [9.17, 15) is 0 Å². The lowest BCUT2D eigenvalue weighted by molar-refractivity contribution is 0.581. The number of hydrogen-bond donors (Lipinski definition) is 0. The first-order chi connectivity index (χ1) is 7.84. The molecule has 0 atom stereocenters. The summed E-state index contributed by atoms with van der Waals surface area (Å²) < 4.78 is 8.57. The Balaban J connectivity index is 2.50. The summed E-state index contributed by atoms with van der Waals surface area (Å²) in [5.74, 6) is 0.987. The van der Waals surface area contributed by atoms with Crippen molar-refractivity contribution in [3.63, 3.8) is 0 Å². The fraction of sp³-hybridized carbons (Fsp3) is 0.0769.